The first-order valence-corrected chi connectivity index (χ1v) is 11.6. The first-order chi connectivity index (χ1) is 14.7. The average molecular weight is 460 g/mol. The maximum Gasteiger partial charge on any atom is 0.233 e. The second-order valence-electron chi connectivity index (χ2n) is 8.18. The number of hydrogen-bond acceptors (Lipinski definition) is 5. The van der Waals surface area contributed by atoms with E-state index in [0.29, 0.717) is 34.4 Å². The second-order valence-corrected chi connectivity index (χ2v) is 9.56. The van der Waals surface area contributed by atoms with Gasteiger partial charge in [0.1, 0.15) is 11.3 Å². The molecule has 0 atom stereocenters. The summed E-state index contributed by atoms with van der Waals surface area (Å²) in [7, 11) is 5.69. The van der Waals surface area contributed by atoms with Crippen LogP contribution in [0.5, 0.6) is 5.75 Å². The minimum absolute atomic E-state index is 0.0444. The molecule has 0 spiro atoms. The summed E-state index contributed by atoms with van der Waals surface area (Å²) in [6.45, 7) is 7.71. The molecule has 2 aromatic carbocycles. The van der Waals surface area contributed by atoms with Gasteiger partial charge in [0.15, 0.2) is 5.13 Å². The van der Waals surface area contributed by atoms with E-state index in [2.05, 4.69) is 37.8 Å². The fourth-order valence-electron chi connectivity index (χ4n) is 3.83. The maximum absolute atomic E-state index is 13.5. The first kappa shape index (κ1) is 23.5. The van der Waals surface area contributed by atoms with Crippen molar-refractivity contribution < 1.29 is 9.53 Å². The lowest BCUT2D eigenvalue weighted by Crippen LogP contribution is -2.34. The molecule has 0 saturated heterocycles. The van der Waals surface area contributed by atoms with Crippen LogP contribution in [0.4, 0.5) is 5.13 Å². The fourth-order valence-corrected chi connectivity index (χ4v) is 5.13. The van der Waals surface area contributed by atoms with Gasteiger partial charge in [0.05, 0.1) is 23.3 Å². The van der Waals surface area contributed by atoms with Crippen molar-refractivity contribution in [1.29, 1.82) is 0 Å². The second kappa shape index (κ2) is 9.98. The maximum atomic E-state index is 13.5. The number of benzene rings is 2. The number of aryl methyl sites for hydroxylation is 3. The van der Waals surface area contributed by atoms with Crippen LogP contribution in [0.25, 0.3) is 10.2 Å². The number of halogens is 1. The molecule has 5 nitrogen and oxygen atoms in total. The lowest BCUT2D eigenvalue weighted by Gasteiger charge is -2.22. The van der Waals surface area contributed by atoms with E-state index in [-0.39, 0.29) is 5.91 Å². The number of methoxy groups -OCH3 is 1. The summed E-state index contributed by atoms with van der Waals surface area (Å²) in [5, 5.41) is 1.28. The zero-order chi connectivity index (χ0) is 22.7. The van der Waals surface area contributed by atoms with Gasteiger partial charge < -0.3 is 9.64 Å². The molecule has 31 heavy (non-hydrogen) atoms. The van der Waals surface area contributed by atoms with E-state index in [1.807, 2.05) is 31.1 Å². The van der Waals surface area contributed by atoms with Gasteiger partial charge in [-0.05, 0) is 76.7 Å². The topological polar surface area (TPSA) is 45.7 Å². The molecule has 166 valence electrons. The van der Waals surface area contributed by atoms with Gasteiger partial charge in [0.2, 0.25) is 5.91 Å². The van der Waals surface area contributed by atoms with Crippen LogP contribution in [0, 0.1) is 20.8 Å². The summed E-state index contributed by atoms with van der Waals surface area (Å²) in [6, 6.07) is 7.88. The normalized spacial score (nSPS) is 11.4. The van der Waals surface area contributed by atoms with Crippen molar-refractivity contribution >= 4 is 44.2 Å². The SMILES string of the molecule is COc1ccc(Cl)c2sc(N(CCCN(C)C)C(=O)Cc3c(C)cc(C)cc3C)nc12. The number of thiazole rings is 1. The third kappa shape index (κ3) is 5.37. The first-order valence-electron chi connectivity index (χ1n) is 10.4. The quantitative estimate of drug-likeness (QED) is 0.451. The Labute approximate surface area is 193 Å². The lowest BCUT2D eigenvalue weighted by atomic mass is 9.97. The molecular formula is C24H30ClN3O2S. The minimum Gasteiger partial charge on any atom is -0.494 e. The summed E-state index contributed by atoms with van der Waals surface area (Å²) in [4.78, 5) is 22.2. The van der Waals surface area contributed by atoms with Gasteiger partial charge in [-0.3, -0.25) is 9.69 Å². The number of amides is 1. The number of nitrogens with zero attached hydrogens (tertiary/aromatic N) is 3. The molecule has 3 aromatic rings. The van der Waals surface area contributed by atoms with Crippen LogP contribution in [0.3, 0.4) is 0 Å². The monoisotopic (exact) mass is 459 g/mol. The van der Waals surface area contributed by atoms with Crippen LogP contribution >= 0.6 is 22.9 Å². The van der Waals surface area contributed by atoms with E-state index in [4.69, 9.17) is 21.3 Å². The van der Waals surface area contributed by atoms with Crippen molar-refractivity contribution in [2.24, 2.45) is 0 Å². The van der Waals surface area contributed by atoms with Gasteiger partial charge in [0.25, 0.3) is 0 Å². The number of fused-ring (bicyclic) bond motifs is 1. The number of hydrogen-bond donors (Lipinski definition) is 0. The highest BCUT2D eigenvalue weighted by Gasteiger charge is 2.23. The summed E-state index contributed by atoms with van der Waals surface area (Å²) < 4.78 is 6.30. The molecule has 0 aliphatic carbocycles. The molecule has 0 radical (unpaired) electrons. The van der Waals surface area contributed by atoms with Crippen molar-refractivity contribution in [3.8, 4) is 5.75 Å². The zero-order valence-electron chi connectivity index (χ0n) is 19.1. The van der Waals surface area contributed by atoms with Gasteiger partial charge in [-0.15, -0.1) is 0 Å². The molecule has 0 fully saturated rings. The number of carbonyl (C=O) groups excluding carboxylic acids is 1. The molecule has 0 N–H and O–H groups in total. The smallest absolute Gasteiger partial charge is 0.233 e. The van der Waals surface area contributed by atoms with Gasteiger partial charge in [-0.2, -0.15) is 0 Å². The Balaban J connectivity index is 1.97. The van der Waals surface area contributed by atoms with Crippen LogP contribution in [0.1, 0.15) is 28.7 Å². The van der Waals surface area contributed by atoms with Crippen LogP contribution in [-0.4, -0.2) is 50.1 Å². The molecule has 0 aliphatic rings. The van der Waals surface area contributed by atoms with Gasteiger partial charge in [0, 0.05) is 6.54 Å². The molecule has 7 heteroatoms. The molecule has 0 saturated carbocycles. The molecule has 1 heterocycles. The van der Waals surface area contributed by atoms with Crippen LogP contribution < -0.4 is 9.64 Å². The summed E-state index contributed by atoms with van der Waals surface area (Å²) in [5.74, 6) is 0.704. The number of anilines is 1. The Morgan fingerprint density at radius 1 is 1.13 bits per heavy atom. The van der Waals surface area contributed by atoms with Crippen molar-refractivity contribution in [2.75, 3.05) is 39.2 Å². The van der Waals surface area contributed by atoms with Gasteiger partial charge in [-0.1, -0.05) is 40.6 Å². The Kier molecular flexibility index (Phi) is 7.57. The number of aromatic nitrogens is 1. The zero-order valence-corrected chi connectivity index (χ0v) is 20.7. The van der Waals surface area contributed by atoms with E-state index >= 15 is 0 Å². The molecule has 3 rings (SSSR count). The number of carbonyl (C=O) groups is 1. The molecular weight excluding hydrogens is 430 g/mol. The van der Waals surface area contributed by atoms with Crippen LogP contribution in [0.15, 0.2) is 24.3 Å². The van der Waals surface area contributed by atoms with Crippen LogP contribution in [-0.2, 0) is 11.2 Å². The molecule has 1 aromatic heterocycles. The van der Waals surface area contributed by atoms with Crippen molar-refractivity contribution in [2.45, 2.75) is 33.6 Å². The average Bonchev–Trinajstić information content (AvgIpc) is 3.14. The highest BCUT2D eigenvalue weighted by molar-refractivity contribution is 7.23. The molecule has 0 bridgehead atoms. The standard InChI is InChI=1S/C24H30ClN3O2S/c1-15-12-16(2)18(17(3)13-15)14-21(29)28(11-7-10-27(4)5)24-26-22-20(30-6)9-8-19(25)23(22)31-24/h8-9,12-13H,7,10-11,14H2,1-6H3. The summed E-state index contributed by atoms with van der Waals surface area (Å²) in [6.07, 6.45) is 1.20. The van der Waals surface area contributed by atoms with Gasteiger partial charge >= 0.3 is 0 Å². The van der Waals surface area contributed by atoms with E-state index in [9.17, 15) is 4.79 Å². The van der Waals surface area contributed by atoms with Crippen molar-refractivity contribution in [3.05, 3.63) is 51.5 Å². The predicted octanol–water partition coefficient (Wildman–Crippen LogP) is 5.41. The fraction of sp³-hybridized carbons (Fsp3) is 0.417. The Morgan fingerprint density at radius 2 is 1.81 bits per heavy atom. The van der Waals surface area contributed by atoms with E-state index in [1.54, 1.807) is 7.11 Å². The largest absolute Gasteiger partial charge is 0.494 e. The van der Waals surface area contributed by atoms with Crippen LogP contribution in [0.2, 0.25) is 5.02 Å². The summed E-state index contributed by atoms with van der Waals surface area (Å²) >= 11 is 7.86. The lowest BCUT2D eigenvalue weighted by molar-refractivity contribution is -0.118. The third-order valence-electron chi connectivity index (χ3n) is 5.35. The Morgan fingerprint density at radius 3 is 2.42 bits per heavy atom. The molecule has 0 unspecified atom stereocenters. The van der Waals surface area contributed by atoms with E-state index in [1.165, 1.54) is 16.9 Å². The number of rotatable bonds is 8. The minimum atomic E-state index is 0.0444. The Hall–Kier alpha value is -2.15. The summed E-state index contributed by atoms with van der Waals surface area (Å²) in [5.41, 5.74) is 5.29. The predicted molar refractivity (Wildman–Crippen MR) is 131 cm³/mol. The molecule has 1 amide bonds. The Bertz CT molecular complexity index is 1070. The highest BCUT2D eigenvalue weighted by atomic mass is 35.5. The van der Waals surface area contributed by atoms with Gasteiger partial charge in [-0.25, -0.2) is 4.98 Å². The van der Waals surface area contributed by atoms with E-state index < -0.39 is 0 Å². The number of ether oxygens (including phenoxy) is 1. The van der Waals surface area contributed by atoms with E-state index in [0.717, 1.165) is 34.4 Å². The molecule has 0 aliphatic heterocycles. The van der Waals surface area contributed by atoms with Crippen molar-refractivity contribution in [1.82, 2.24) is 9.88 Å². The third-order valence-corrected chi connectivity index (χ3v) is 6.89. The van der Waals surface area contributed by atoms with Crippen molar-refractivity contribution in [3.63, 3.8) is 0 Å². The highest BCUT2D eigenvalue weighted by Crippen LogP contribution is 2.39.